The summed E-state index contributed by atoms with van der Waals surface area (Å²) >= 11 is 7.66. The number of carbonyl (C=O) groups excluding carboxylic acids is 2. The highest BCUT2D eigenvalue weighted by Crippen LogP contribution is 2.35. The van der Waals surface area contributed by atoms with Crippen LogP contribution in [0.4, 0.5) is 5.69 Å². The highest BCUT2D eigenvalue weighted by Gasteiger charge is 2.34. The van der Waals surface area contributed by atoms with Crippen molar-refractivity contribution in [1.82, 2.24) is 5.43 Å². The van der Waals surface area contributed by atoms with Crippen LogP contribution in [0.5, 0.6) is 0 Å². The highest BCUT2D eigenvalue weighted by molar-refractivity contribution is 7.21. The second-order valence-electron chi connectivity index (χ2n) is 7.94. The first-order valence-electron chi connectivity index (χ1n) is 10.7. The topological polar surface area (TPSA) is 108 Å². The van der Waals surface area contributed by atoms with E-state index in [1.54, 1.807) is 37.3 Å². The number of allylic oxidation sites excluding steroid dienone is 2. The van der Waals surface area contributed by atoms with E-state index in [4.69, 9.17) is 11.6 Å². The maximum Gasteiger partial charge on any atom is 0.307 e. The number of carboxylic acids is 1. The molecule has 0 saturated carbocycles. The Balaban J connectivity index is 1.45. The highest BCUT2D eigenvalue weighted by atomic mass is 35.5. The number of carbonyl (C=O) groups is 3. The number of hydrazone groups is 1. The van der Waals surface area contributed by atoms with Crippen molar-refractivity contribution in [2.75, 3.05) is 5.32 Å². The van der Waals surface area contributed by atoms with Crippen LogP contribution in [0, 0.1) is 11.8 Å². The van der Waals surface area contributed by atoms with E-state index in [9.17, 15) is 19.5 Å². The number of nitrogens with one attached hydrogen (secondary N) is 2. The number of nitrogens with zero attached hydrogens (tertiary/aromatic N) is 1. The number of thiophene rings is 1. The predicted molar refractivity (Wildman–Crippen MR) is 135 cm³/mol. The van der Waals surface area contributed by atoms with Crippen molar-refractivity contribution in [3.8, 4) is 0 Å². The van der Waals surface area contributed by atoms with Gasteiger partial charge >= 0.3 is 5.97 Å². The minimum atomic E-state index is -0.976. The fourth-order valence-electron chi connectivity index (χ4n) is 3.84. The molecule has 3 aromatic rings. The van der Waals surface area contributed by atoms with Crippen molar-refractivity contribution in [2.24, 2.45) is 16.9 Å². The van der Waals surface area contributed by atoms with Crippen molar-refractivity contribution >= 4 is 62.2 Å². The average molecular weight is 496 g/mol. The lowest BCUT2D eigenvalue weighted by molar-refractivity contribution is -0.146. The largest absolute Gasteiger partial charge is 0.481 e. The summed E-state index contributed by atoms with van der Waals surface area (Å²) in [6, 6.07) is 14.5. The van der Waals surface area contributed by atoms with E-state index in [2.05, 4.69) is 15.8 Å². The van der Waals surface area contributed by atoms with E-state index in [1.807, 2.05) is 30.3 Å². The maximum atomic E-state index is 12.7. The molecule has 0 bridgehead atoms. The van der Waals surface area contributed by atoms with Crippen molar-refractivity contribution in [1.29, 1.82) is 0 Å². The predicted octanol–water partition coefficient (Wildman–Crippen LogP) is 5.31. The molecule has 0 aliphatic heterocycles. The van der Waals surface area contributed by atoms with Crippen LogP contribution in [0.15, 0.2) is 65.8 Å². The fraction of sp³-hybridized carbons (Fsp3) is 0.200. The van der Waals surface area contributed by atoms with Crippen molar-refractivity contribution < 1.29 is 19.5 Å². The van der Waals surface area contributed by atoms with E-state index in [0.717, 1.165) is 10.1 Å². The first-order valence-corrected chi connectivity index (χ1v) is 11.9. The van der Waals surface area contributed by atoms with Gasteiger partial charge in [-0.25, -0.2) is 5.43 Å². The van der Waals surface area contributed by atoms with Gasteiger partial charge in [0.2, 0.25) is 5.91 Å². The number of amides is 2. The summed E-state index contributed by atoms with van der Waals surface area (Å²) < 4.78 is 0.917. The van der Waals surface area contributed by atoms with E-state index in [-0.39, 0.29) is 5.91 Å². The second kappa shape index (κ2) is 10.2. The molecule has 1 aliphatic carbocycles. The molecule has 2 amide bonds. The molecule has 174 valence electrons. The SMILES string of the molecule is C/C(=N/NC(=O)c1sc2ccccc2c1Cl)c1cccc(NC(=O)[C@H]2CC=CC[C@@H]2C(=O)O)c1. The Morgan fingerprint density at radius 2 is 1.79 bits per heavy atom. The van der Waals surface area contributed by atoms with Gasteiger partial charge in [0.25, 0.3) is 5.91 Å². The third-order valence-corrected chi connectivity index (χ3v) is 7.37. The molecule has 0 unspecified atom stereocenters. The van der Waals surface area contributed by atoms with E-state index >= 15 is 0 Å². The number of hydrogen-bond donors (Lipinski definition) is 3. The van der Waals surface area contributed by atoms with Crippen LogP contribution in [-0.4, -0.2) is 28.6 Å². The molecule has 0 fully saturated rings. The van der Waals surface area contributed by atoms with Gasteiger partial charge in [-0.05, 0) is 43.5 Å². The Kier molecular flexibility index (Phi) is 7.09. The van der Waals surface area contributed by atoms with Gasteiger partial charge in [-0.3, -0.25) is 14.4 Å². The number of fused-ring (bicyclic) bond motifs is 1. The van der Waals surface area contributed by atoms with Gasteiger partial charge in [0, 0.05) is 15.8 Å². The molecular formula is C25H22ClN3O4S. The summed E-state index contributed by atoms with van der Waals surface area (Å²) in [6.45, 7) is 1.74. The molecule has 4 rings (SSSR count). The van der Waals surface area contributed by atoms with Crippen LogP contribution >= 0.6 is 22.9 Å². The summed E-state index contributed by atoms with van der Waals surface area (Å²) in [5.74, 6) is -3.09. The summed E-state index contributed by atoms with van der Waals surface area (Å²) in [4.78, 5) is 37.3. The molecule has 3 N–H and O–H groups in total. The fourth-order valence-corrected chi connectivity index (χ4v) is 5.25. The monoisotopic (exact) mass is 495 g/mol. The Labute approximate surface area is 205 Å². The molecule has 1 aromatic heterocycles. The molecule has 0 radical (unpaired) electrons. The molecule has 0 saturated heterocycles. The number of rotatable bonds is 6. The zero-order valence-electron chi connectivity index (χ0n) is 18.2. The van der Waals surface area contributed by atoms with Crippen LogP contribution in [0.1, 0.15) is 35.0 Å². The molecule has 34 heavy (non-hydrogen) atoms. The van der Waals surface area contributed by atoms with Crippen LogP contribution in [0.25, 0.3) is 10.1 Å². The van der Waals surface area contributed by atoms with E-state index in [0.29, 0.717) is 39.7 Å². The summed E-state index contributed by atoms with van der Waals surface area (Å²) in [5, 5.41) is 17.6. The molecule has 1 heterocycles. The van der Waals surface area contributed by atoms with Gasteiger partial charge in [-0.15, -0.1) is 11.3 Å². The van der Waals surface area contributed by atoms with Crippen molar-refractivity contribution in [3.05, 3.63) is 76.1 Å². The molecular weight excluding hydrogens is 474 g/mol. The quantitative estimate of drug-likeness (QED) is 0.244. The van der Waals surface area contributed by atoms with Gasteiger partial charge in [0.05, 0.1) is 22.6 Å². The number of anilines is 1. The molecule has 0 spiro atoms. The first-order chi connectivity index (χ1) is 16.3. The van der Waals surface area contributed by atoms with E-state index in [1.165, 1.54) is 11.3 Å². The lowest BCUT2D eigenvalue weighted by Crippen LogP contribution is -2.34. The van der Waals surface area contributed by atoms with E-state index < -0.39 is 23.7 Å². The van der Waals surface area contributed by atoms with Crippen LogP contribution < -0.4 is 10.7 Å². The Morgan fingerprint density at radius 1 is 1.06 bits per heavy atom. The van der Waals surface area contributed by atoms with Crippen LogP contribution in [-0.2, 0) is 9.59 Å². The Morgan fingerprint density at radius 3 is 2.53 bits per heavy atom. The summed E-state index contributed by atoms with van der Waals surface area (Å²) in [7, 11) is 0. The molecule has 2 aromatic carbocycles. The number of hydrogen-bond acceptors (Lipinski definition) is 5. The van der Waals surface area contributed by atoms with Crippen LogP contribution in [0.3, 0.4) is 0 Å². The van der Waals surface area contributed by atoms with Gasteiger partial charge in [0.15, 0.2) is 0 Å². The molecule has 7 nitrogen and oxygen atoms in total. The third-order valence-electron chi connectivity index (χ3n) is 5.70. The smallest absolute Gasteiger partial charge is 0.307 e. The Bertz CT molecular complexity index is 1330. The number of carboxylic acid groups (broad SMARTS) is 1. The van der Waals surface area contributed by atoms with Crippen LogP contribution in [0.2, 0.25) is 5.02 Å². The number of benzene rings is 2. The lowest BCUT2D eigenvalue weighted by atomic mass is 9.82. The van der Waals surface area contributed by atoms with Gasteiger partial charge in [-0.2, -0.15) is 5.10 Å². The van der Waals surface area contributed by atoms with Crippen molar-refractivity contribution in [3.63, 3.8) is 0 Å². The summed E-state index contributed by atoms with van der Waals surface area (Å²) in [6.07, 6.45) is 4.35. The van der Waals surface area contributed by atoms with Crippen molar-refractivity contribution in [2.45, 2.75) is 19.8 Å². The number of halogens is 1. The van der Waals surface area contributed by atoms with Gasteiger partial charge in [0.1, 0.15) is 4.88 Å². The summed E-state index contributed by atoms with van der Waals surface area (Å²) in [5.41, 5.74) is 4.29. The standard InChI is InChI=1S/C25H22ClN3O4S/c1-14(28-29-24(31)22-21(26)19-11-4-5-12-20(19)34-22)15-7-6-8-16(13-15)27-23(30)17-9-2-3-10-18(17)25(32)33/h2-8,11-13,17-18H,9-10H2,1H3,(H,27,30)(H,29,31)(H,32,33)/b28-14-/t17-,18-/m0/s1. The molecule has 1 aliphatic rings. The third kappa shape index (κ3) is 5.03. The normalized spacial score (nSPS) is 18.0. The minimum Gasteiger partial charge on any atom is -0.481 e. The minimum absolute atomic E-state index is 0.336. The zero-order valence-corrected chi connectivity index (χ0v) is 19.8. The first kappa shape index (κ1) is 23.7. The van der Waals surface area contributed by atoms with Gasteiger partial charge < -0.3 is 10.4 Å². The Hall–Kier alpha value is -3.49. The lowest BCUT2D eigenvalue weighted by Gasteiger charge is -2.24. The number of aliphatic carboxylic acids is 1. The molecule has 2 atom stereocenters. The second-order valence-corrected chi connectivity index (χ2v) is 9.37. The molecule has 9 heteroatoms. The van der Waals surface area contributed by atoms with Gasteiger partial charge in [-0.1, -0.05) is 54.1 Å². The maximum absolute atomic E-state index is 12.7. The zero-order chi connectivity index (χ0) is 24.2. The average Bonchev–Trinajstić information content (AvgIpc) is 3.19.